The van der Waals surface area contributed by atoms with Crippen molar-refractivity contribution in [2.75, 3.05) is 0 Å². The van der Waals surface area contributed by atoms with E-state index in [0.717, 1.165) is 9.84 Å². The fourth-order valence-electron chi connectivity index (χ4n) is 1.11. The monoisotopic (exact) mass is 192 g/mol. The molecule has 5 nitrogen and oxygen atoms in total. The topological polar surface area (TPSA) is 56.2 Å². The Kier molecular flexibility index (Phi) is 1.25. The highest BCUT2D eigenvalue weighted by molar-refractivity contribution is 7.20. The summed E-state index contributed by atoms with van der Waals surface area (Å²) >= 11 is 1.52. The fourth-order valence-corrected chi connectivity index (χ4v) is 1.98. The molecule has 13 heavy (non-hydrogen) atoms. The summed E-state index contributed by atoms with van der Waals surface area (Å²) in [6.45, 7) is 0. The highest BCUT2D eigenvalue weighted by atomic mass is 32.1. The molecule has 0 aromatic carbocycles. The summed E-state index contributed by atoms with van der Waals surface area (Å²) in [6, 6.07) is 0. The van der Waals surface area contributed by atoms with Crippen LogP contribution in [0.2, 0.25) is 0 Å². The van der Waals surface area contributed by atoms with Crippen molar-refractivity contribution in [2.24, 2.45) is 0 Å². The van der Waals surface area contributed by atoms with E-state index in [1.54, 1.807) is 6.20 Å². The summed E-state index contributed by atoms with van der Waals surface area (Å²) in [7, 11) is 0. The van der Waals surface area contributed by atoms with Crippen molar-refractivity contribution >= 4 is 16.3 Å². The van der Waals surface area contributed by atoms with Gasteiger partial charge in [0.1, 0.15) is 4.88 Å². The summed E-state index contributed by atoms with van der Waals surface area (Å²) in [6.07, 6.45) is 6.87. The molecule has 3 heterocycles. The van der Waals surface area contributed by atoms with Gasteiger partial charge < -0.3 is 4.42 Å². The third kappa shape index (κ3) is 0.955. The number of thiazole rings is 1. The molecule has 0 saturated heterocycles. The first-order chi connectivity index (χ1) is 6.43. The van der Waals surface area contributed by atoms with Crippen molar-refractivity contribution in [3.05, 3.63) is 25.0 Å². The number of imidazole rings is 1. The van der Waals surface area contributed by atoms with Crippen molar-refractivity contribution in [2.45, 2.75) is 0 Å². The molecule has 64 valence electrons. The molecule has 0 radical (unpaired) electrons. The molecule has 0 atom stereocenters. The molecule has 3 aromatic rings. The van der Waals surface area contributed by atoms with Gasteiger partial charge >= 0.3 is 0 Å². The number of rotatable bonds is 1. The van der Waals surface area contributed by atoms with Crippen LogP contribution < -0.4 is 0 Å². The van der Waals surface area contributed by atoms with Crippen molar-refractivity contribution in [3.63, 3.8) is 0 Å². The van der Waals surface area contributed by atoms with Gasteiger partial charge in [-0.2, -0.15) is 0 Å². The van der Waals surface area contributed by atoms with Crippen LogP contribution in [0.3, 0.4) is 0 Å². The van der Waals surface area contributed by atoms with Crippen LogP contribution in [-0.4, -0.2) is 19.6 Å². The zero-order chi connectivity index (χ0) is 8.67. The number of hydrogen-bond acceptors (Lipinski definition) is 5. The second kappa shape index (κ2) is 2.40. The summed E-state index contributed by atoms with van der Waals surface area (Å²) in [4.78, 5) is 6.00. The third-order valence-corrected chi connectivity index (χ3v) is 2.66. The number of nitrogens with zero attached hydrogens (tertiary/aromatic N) is 4. The molecular formula is C7H4N4OS. The first kappa shape index (κ1) is 6.79. The maximum absolute atomic E-state index is 5.07. The van der Waals surface area contributed by atoms with Crippen molar-refractivity contribution in [1.82, 2.24) is 19.6 Å². The molecule has 0 unspecified atom stereocenters. The molecule has 0 saturated carbocycles. The molecule has 6 heteroatoms. The van der Waals surface area contributed by atoms with Crippen LogP contribution in [-0.2, 0) is 0 Å². The van der Waals surface area contributed by atoms with E-state index in [2.05, 4.69) is 15.2 Å². The van der Waals surface area contributed by atoms with Gasteiger partial charge in [-0.1, -0.05) is 11.3 Å². The molecule has 0 aliphatic heterocycles. The van der Waals surface area contributed by atoms with E-state index in [1.807, 2.05) is 16.8 Å². The average Bonchev–Trinajstić information content (AvgIpc) is 2.78. The Balaban J connectivity index is 2.23. The Morgan fingerprint density at radius 3 is 3.23 bits per heavy atom. The van der Waals surface area contributed by atoms with Gasteiger partial charge in [-0.15, -0.1) is 10.2 Å². The van der Waals surface area contributed by atoms with Gasteiger partial charge in [0.05, 0.1) is 0 Å². The molecule has 0 fully saturated rings. The molecule has 0 bridgehead atoms. The van der Waals surface area contributed by atoms with Gasteiger partial charge in [0, 0.05) is 18.6 Å². The molecule has 0 N–H and O–H groups in total. The zero-order valence-electron chi connectivity index (χ0n) is 6.41. The quantitative estimate of drug-likeness (QED) is 0.585. The van der Waals surface area contributed by atoms with Crippen molar-refractivity contribution in [1.29, 1.82) is 0 Å². The van der Waals surface area contributed by atoms with Gasteiger partial charge in [0.15, 0.2) is 4.96 Å². The van der Waals surface area contributed by atoms with E-state index in [1.165, 1.54) is 17.7 Å². The van der Waals surface area contributed by atoms with Gasteiger partial charge in [-0.25, -0.2) is 4.98 Å². The fraction of sp³-hybridized carbons (Fsp3) is 0. The van der Waals surface area contributed by atoms with E-state index < -0.39 is 0 Å². The molecule has 0 aliphatic carbocycles. The summed E-state index contributed by atoms with van der Waals surface area (Å²) in [5.41, 5.74) is 0. The SMILES string of the molecule is c1cn2cc(-c3nnco3)sc2n1. The summed E-state index contributed by atoms with van der Waals surface area (Å²) in [5, 5.41) is 7.43. The molecule has 3 aromatic heterocycles. The largest absolute Gasteiger partial charge is 0.423 e. The van der Waals surface area contributed by atoms with Crippen molar-refractivity contribution < 1.29 is 4.42 Å². The predicted molar refractivity (Wildman–Crippen MR) is 46.4 cm³/mol. The van der Waals surface area contributed by atoms with Crippen LogP contribution in [0, 0.1) is 0 Å². The lowest BCUT2D eigenvalue weighted by Crippen LogP contribution is -1.72. The Bertz CT molecular complexity index is 495. The smallest absolute Gasteiger partial charge is 0.259 e. The lowest BCUT2D eigenvalue weighted by atomic mass is 10.5. The standard InChI is InChI=1S/C7H4N4OS/c1-2-11-3-5(13-7(11)8-1)6-10-9-4-12-6/h1-4H. The molecule has 0 aliphatic rings. The van der Waals surface area contributed by atoms with Crippen LogP contribution >= 0.6 is 11.3 Å². The molecule has 0 spiro atoms. The number of aromatic nitrogens is 4. The highest BCUT2D eigenvalue weighted by Gasteiger charge is 2.08. The third-order valence-electron chi connectivity index (χ3n) is 1.66. The van der Waals surface area contributed by atoms with Gasteiger partial charge in [0.25, 0.3) is 5.89 Å². The minimum atomic E-state index is 0.538. The van der Waals surface area contributed by atoms with Gasteiger partial charge in [-0.05, 0) is 0 Å². The van der Waals surface area contributed by atoms with Crippen LogP contribution in [0.5, 0.6) is 0 Å². The zero-order valence-corrected chi connectivity index (χ0v) is 7.23. The van der Waals surface area contributed by atoms with E-state index in [-0.39, 0.29) is 0 Å². The average molecular weight is 192 g/mol. The van der Waals surface area contributed by atoms with Crippen LogP contribution in [0.4, 0.5) is 0 Å². The maximum atomic E-state index is 5.07. The van der Waals surface area contributed by atoms with Crippen molar-refractivity contribution in [3.8, 4) is 10.8 Å². The minimum absolute atomic E-state index is 0.538. The molecule has 3 rings (SSSR count). The Morgan fingerprint density at radius 2 is 2.46 bits per heavy atom. The Labute approximate surface area is 76.7 Å². The molecular weight excluding hydrogens is 188 g/mol. The first-order valence-corrected chi connectivity index (χ1v) is 4.44. The number of fused-ring (bicyclic) bond motifs is 1. The highest BCUT2D eigenvalue weighted by Crippen LogP contribution is 2.25. The minimum Gasteiger partial charge on any atom is -0.423 e. The second-order valence-corrected chi connectivity index (χ2v) is 3.47. The number of hydrogen-bond donors (Lipinski definition) is 0. The maximum Gasteiger partial charge on any atom is 0.259 e. The van der Waals surface area contributed by atoms with E-state index in [4.69, 9.17) is 4.42 Å². The Hall–Kier alpha value is -1.69. The van der Waals surface area contributed by atoms with Crippen LogP contribution in [0.15, 0.2) is 29.4 Å². The Morgan fingerprint density at radius 1 is 1.46 bits per heavy atom. The lowest BCUT2D eigenvalue weighted by Gasteiger charge is -1.81. The van der Waals surface area contributed by atoms with Crippen LogP contribution in [0.25, 0.3) is 15.7 Å². The normalized spacial score (nSPS) is 11.1. The first-order valence-electron chi connectivity index (χ1n) is 3.62. The van der Waals surface area contributed by atoms with Gasteiger partial charge in [-0.3, -0.25) is 4.40 Å². The molecule has 0 amide bonds. The van der Waals surface area contributed by atoms with E-state index in [0.29, 0.717) is 5.89 Å². The second-order valence-electron chi connectivity index (χ2n) is 2.46. The van der Waals surface area contributed by atoms with Crippen LogP contribution in [0.1, 0.15) is 0 Å². The summed E-state index contributed by atoms with van der Waals surface area (Å²) in [5.74, 6) is 0.538. The summed E-state index contributed by atoms with van der Waals surface area (Å²) < 4.78 is 6.99. The predicted octanol–water partition coefficient (Wildman–Crippen LogP) is 1.45. The van der Waals surface area contributed by atoms with E-state index in [9.17, 15) is 0 Å². The van der Waals surface area contributed by atoms with E-state index >= 15 is 0 Å². The van der Waals surface area contributed by atoms with Gasteiger partial charge in [0.2, 0.25) is 6.39 Å². The lowest BCUT2D eigenvalue weighted by molar-refractivity contribution is 0.570.